The van der Waals surface area contributed by atoms with E-state index < -0.39 is 0 Å². The third-order valence-corrected chi connectivity index (χ3v) is 5.63. The number of carbonyl (C=O) groups is 1. The minimum absolute atomic E-state index is 0.0985. The standard InChI is InChI=1S/C16H26N6O3/c1-21-15(18-19-20-21)22-4-3-16(10-22)7-13(25-11-16)8-17-14(23)6-12-2-5-24-9-12/h12-13H,2-11H2,1H3,(H,17,23). The van der Waals surface area contributed by atoms with Gasteiger partial charge in [-0.05, 0) is 35.6 Å². The molecule has 0 radical (unpaired) electrons. The van der Waals surface area contributed by atoms with Crippen molar-refractivity contribution in [1.29, 1.82) is 0 Å². The van der Waals surface area contributed by atoms with E-state index in [9.17, 15) is 4.79 Å². The largest absolute Gasteiger partial charge is 0.381 e. The Morgan fingerprint density at radius 1 is 1.48 bits per heavy atom. The molecule has 9 nitrogen and oxygen atoms in total. The number of nitrogens with one attached hydrogen (secondary N) is 1. The highest BCUT2D eigenvalue weighted by Gasteiger charge is 2.46. The molecule has 3 aliphatic heterocycles. The summed E-state index contributed by atoms with van der Waals surface area (Å²) in [7, 11) is 1.86. The van der Waals surface area contributed by atoms with Crippen LogP contribution in [0.4, 0.5) is 5.95 Å². The van der Waals surface area contributed by atoms with Gasteiger partial charge in [-0.25, -0.2) is 4.68 Å². The number of carbonyl (C=O) groups excluding carboxylic acids is 1. The van der Waals surface area contributed by atoms with E-state index in [0.29, 0.717) is 25.5 Å². The molecule has 0 aromatic carbocycles. The monoisotopic (exact) mass is 350 g/mol. The third kappa shape index (κ3) is 3.62. The summed E-state index contributed by atoms with van der Waals surface area (Å²) in [6, 6.07) is 0. The van der Waals surface area contributed by atoms with Gasteiger partial charge in [0.1, 0.15) is 0 Å². The summed E-state index contributed by atoms with van der Waals surface area (Å²) in [6.45, 7) is 4.68. The van der Waals surface area contributed by atoms with Crippen LogP contribution >= 0.6 is 0 Å². The van der Waals surface area contributed by atoms with Crippen molar-refractivity contribution in [2.75, 3.05) is 44.4 Å². The average molecular weight is 350 g/mol. The molecule has 1 spiro atoms. The quantitative estimate of drug-likeness (QED) is 0.782. The Morgan fingerprint density at radius 3 is 3.16 bits per heavy atom. The van der Waals surface area contributed by atoms with E-state index in [0.717, 1.165) is 51.5 Å². The van der Waals surface area contributed by atoms with Gasteiger partial charge in [-0.2, -0.15) is 0 Å². The van der Waals surface area contributed by atoms with Crippen LogP contribution in [0.3, 0.4) is 0 Å². The van der Waals surface area contributed by atoms with Crippen LogP contribution in [0, 0.1) is 11.3 Å². The number of rotatable bonds is 5. The predicted molar refractivity (Wildman–Crippen MR) is 89.0 cm³/mol. The molecule has 3 aliphatic rings. The third-order valence-electron chi connectivity index (χ3n) is 5.63. The molecular formula is C16H26N6O3. The maximum atomic E-state index is 12.1. The van der Waals surface area contributed by atoms with Crippen LogP contribution in [0.5, 0.6) is 0 Å². The van der Waals surface area contributed by atoms with Gasteiger partial charge >= 0.3 is 0 Å². The van der Waals surface area contributed by atoms with E-state index >= 15 is 0 Å². The number of anilines is 1. The number of nitrogens with zero attached hydrogens (tertiary/aromatic N) is 5. The molecular weight excluding hydrogens is 324 g/mol. The van der Waals surface area contributed by atoms with Crippen LogP contribution in [-0.2, 0) is 21.3 Å². The Balaban J connectivity index is 1.24. The summed E-state index contributed by atoms with van der Waals surface area (Å²) in [6.07, 6.45) is 3.70. The zero-order chi connectivity index (χ0) is 17.3. The van der Waals surface area contributed by atoms with E-state index in [2.05, 4.69) is 25.7 Å². The van der Waals surface area contributed by atoms with Gasteiger partial charge in [0.2, 0.25) is 11.9 Å². The first-order chi connectivity index (χ1) is 12.1. The molecule has 4 heterocycles. The van der Waals surface area contributed by atoms with E-state index in [1.54, 1.807) is 4.68 Å². The Bertz CT molecular complexity index is 617. The number of aryl methyl sites for hydroxylation is 1. The Hall–Kier alpha value is -1.74. The number of ether oxygens (including phenoxy) is 2. The molecule has 0 bridgehead atoms. The lowest BCUT2D eigenvalue weighted by molar-refractivity contribution is -0.122. The zero-order valence-electron chi connectivity index (χ0n) is 14.7. The highest BCUT2D eigenvalue weighted by Crippen LogP contribution is 2.41. The summed E-state index contributed by atoms with van der Waals surface area (Å²) < 4.78 is 13.0. The van der Waals surface area contributed by atoms with E-state index in [1.165, 1.54) is 0 Å². The van der Waals surface area contributed by atoms with Crippen molar-refractivity contribution in [2.45, 2.75) is 31.8 Å². The molecule has 1 N–H and O–H groups in total. The van der Waals surface area contributed by atoms with Crippen LogP contribution in [0.2, 0.25) is 0 Å². The first-order valence-corrected chi connectivity index (χ1v) is 9.07. The highest BCUT2D eigenvalue weighted by atomic mass is 16.5. The van der Waals surface area contributed by atoms with E-state index in [-0.39, 0.29) is 17.4 Å². The second-order valence-corrected chi connectivity index (χ2v) is 7.65. The van der Waals surface area contributed by atoms with Crippen molar-refractivity contribution in [2.24, 2.45) is 18.4 Å². The van der Waals surface area contributed by atoms with Gasteiger partial charge in [0.25, 0.3) is 0 Å². The summed E-state index contributed by atoms with van der Waals surface area (Å²) in [5.74, 6) is 1.30. The maximum absolute atomic E-state index is 12.1. The fraction of sp³-hybridized carbons (Fsp3) is 0.875. The number of amides is 1. The molecule has 1 amide bonds. The van der Waals surface area contributed by atoms with Gasteiger partial charge in [-0.3, -0.25) is 4.79 Å². The SMILES string of the molecule is Cn1nnnc1N1CCC2(COC(CNC(=O)CC3CCOC3)C2)C1. The second-order valence-electron chi connectivity index (χ2n) is 7.65. The number of aromatic nitrogens is 4. The second kappa shape index (κ2) is 6.87. The molecule has 0 saturated carbocycles. The highest BCUT2D eigenvalue weighted by molar-refractivity contribution is 5.76. The normalized spacial score (nSPS) is 32.0. The summed E-state index contributed by atoms with van der Waals surface area (Å²) in [4.78, 5) is 14.3. The Labute approximate surface area is 147 Å². The van der Waals surface area contributed by atoms with Crippen molar-refractivity contribution < 1.29 is 14.3 Å². The summed E-state index contributed by atoms with van der Waals surface area (Å²) >= 11 is 0. The molecule has 25 heavy (non-hydrogen) atoms. The maximum Gasteiger partial charge on any atom is 0.245 e. The van der Waals surface area contributed by atoms with Gasteiger partial charge in [-0.1, -0.05) is 5.10 Å². The number of hydrogen-bond acceptors (Lipinski definition) is 7. The summed E-state index contributed by atoms with van der Waals surface area (Å²) in [5, 5.41) is 14.8. The molecule has 4 rings (SSSR count). The van der Waals surface area contributed by atoms with Gasteiger partial charge in [0.05, 0.1) is 12.7 Å². The van der Waals surface area contributed by atoms with Crippen molar-refractivity contribution in [3.63, 3.8) is 0 Å². The number of hydrogen-bond donors (Lipinski definition) is 1. The number of tetrazole rings is 1. The fourth-order valence-corrected chi connectivity index (χ4v) is 4.22. The van der Waals surface area contributed by atoms with E-state index in [1.807, 2.05) is 7.05 Å². The first kappa shape index (κ1) is 16.7. The molecule has 3 saturated heterocycles. The summed E-state index contributed by atoms with van der Waals surface area (Å²) in [5.41, 5.74) is 0.153. The van der Waals surface area contributed by atoms with Crippen LogP contribution < -0.4 is 10.2 Å². The van der Waals surface area contributed by atoms with Crippen LogP contribution in [0.1, 0.15) is 25.7 Å². The van der Waals surface area contributed by atoms with Crippen molar-refractivity contribution in [3.05, 3.63) is 0 Å². The first-order valence-electron chi connectivity index (χ1n) is 9.07. The van der Waals surface area contributed by atoms with Gasteiger partial charge in [0, 0.05) is 51.7 Å². The van der Waals surface area contributed by atoms with Crippen LogP contribution in [0.25, 0.3) is 0 Å². The van der Waals surface area contributed by atoms with Crippen molar-refractivity contribution in [1.82, 2.24) is 25.5 Å². The lowest BCUT2D eigenvalue weighted by atomic mass is 9.85. The smallest absolute Gasteiger partial charge is 0.245 e. The van der Waals surface area contributed by atoms with Gasteiger partial charge < -0.3 is 19.7 Å². The predicted octanol–water partition coefficient (Wildman–Crippen LogP) is -0.262. The lowest BCUT2D eigenvalue weighted by Crippen LogP contribution is -2.34. The van der Waals surface area contributed by atoms with Crippen LogP contribution in [-0.4, -0.2) is 71.7 Å². The molecule has 1 aromatic heterocycles. The Kier molecular flexibility index (Phi) is 4.60. The fourth-order valence-electron chi connectivity index (χ4n) is 4.22. The molecule has 0 aliphatic carbocycles. The molecule has 3 atom stereocenters. The van der Waals surface area contributed by atoms with E-state index in [4.69, 9.17) is 9.47 Å². The minimum Gasteiger partial charge on any atom is -0.381 e. The minimum atomic E-state index is 0.0985. The van der Waals surface area contributed by atoms with Crippen molar-refractivity contribution in [3.8, 4) is 0 Å². The zero-order valence-corrected chi connectivity index (χ0v) is 14.7. The van der Waals surface area contributed by atoms with Crippen LogP contribution in [0.15, 0.2) is 0 Å². The topological polar surface area (TPSA) is 94.4 Å². The lowest BCUT2D eigenvalue weighted by Gasteiger charge is -2.22. The van der Waals surface area contributed by atoms with Gasteiger partial charge in [0.15, 0.2) is 0 Å². The molecule has 138 valence electrons. The Morgan fingerprint density at radius 2 is 2.40 bits per heavy atom. The average Bonchev–Trinajstić information content (AvgIpc) is 3.36. The molecule has 1 aromatic rings. The van der Waals surface area contributed by atoms with Crippen molar-refractivity contribution >= 4 is 11.9 Å². The molecule has 3 fully saturated rings. The molecule has 9 heteroatoms. The molecule has 3 unspecified atom stereocenters. The van der Waals surface area contributed by atoms with Gasteiger partial charge in [-0.15, -0.1) is 0 Å².